The number of hydrogen-bond acceptors (Lipinski definition) is 3. The number of hydrogen-bond donors (Lipinski definition) is 0. The fourth-order valence-electron chi connectivity index (χ4n) is 1.57. The predicted molar refractivity (Wildman–Crippen MR) is 79.8 cm³/mol. The summed E-state index contributed by atoms with van der Waals surface area (Å²) in [6, 6.07) is 0. The van der Waals surface area contributed by atoms with Crippen molar-refractivity contribution in [1.29, 1.82) is 0 Å². The first-order chi connectivity index (χ1) is 7.09. The molecule has 15 heavy (non-hydrogen) atoms. The van der Waals surface area contributed by atoms with Crippen LogP contribution in [0, 0.1) is 5.92 Å². The van der Waals surface area contributed by atoms with Gasteiger partial charge < -0.3 is 0 Å². The van der Waals surface area contributed by atoms with Gasteiger partial charge in [-0.3, -0.25) is 0 Å². The first-order valence-corrected chi connectivity index (χ1v) is 8.82. The fourth-order valence-corrected chi connectivity index (χ4v) is 6.68. The van der Waals surface area contributed by atoms with Gasteiger partial charge in [-0.25, -0.2) is 0 Å². The lowest BCUT2D eigenvalue weighted by atomic mass is 10.2. The van der Waals surface area contributed by atoms with Gasteiger partial charge in [-0.1, -0.05) is 28.4 Å². The van der Waals surface area contributed by atoms with Gasteiger partial charge >= 0.3 is 0 Å². The van der Waals surface area contributed by atoms with Crippen molar-refractivity contribution in [3.05, 3.63) is 20.3 Å². The Morgan fingerprint density at radius 1 is 1.20 bits per heavy atom. The summed E-state index contributed by atoms with van der Waals surface area (Å²) in [5.41, 5.74) is 1.55. The van der Waals surface area contributed by atoms with Crippen molar-refractivity contribution < 1.29 is 0 Å². The molecule has 4 heteroatoms. The summed E-state index contributed by atoms with van der Waals surface area (Å²) < 4.78 is 0.592. The molecule has 2 atom stereocenters. The normalized spacial score (nSPS) is 32.8. The highest BCUT2D eigenvalue weighted by Crippen LogP contribution is 2.52. The van der Waals surface area contributed by atoms with Crippen LogP contribution in [0.1, 0.15) is 20.8 Å². The average Bonchev–Trinajstić information content (AvgIpc) is 2.46. The summed E-state index contributed by atoms with van der Waals surface area (Å²) in [7, 11) is 0. The summed E-state index contributed by atoms with van der Waals surface area (Å²) in [6.45, 7) is 6.85. The third-order valence-electron chi connectivity index (χ3n) is 2.80. The van der Waals surface area contributed by atoms with Crippen LogP contribution in [0.25, 0.3) is 0 Å². The molecule has 0 fully saturated rings. The largest absolute Gasteiger partial charge is 0.126 e. The Labute approximate surface area is 113 Å². The molecule has 0 radical (unpaired) electrons. The van der Waals surface area contributed by atoms with E-state index in [0.717, 1.165) is 0 Å². The Morgan fingerprint density at radius 3 is 2.67 bits per heavy atom. The van der Waals surface area contributed by atoms with E-state index >= 15 is 0 Å². The van der Waals surface area contributed by atoms with Crippen LogP contribution in [0.15, 0.2) is 20.3 Å². The SMILES string of the molecule is CC1=C(C)SCC2=C(SC1)C(C)C(Br)S2. The van der Waals surface area contributed by atoms with Crippen molar-refractivity contribution in [1.82, 2.24) is 0 Å². The molecule has 2 heterocycles. The Balaban J connectivity index is 2.17. The van der Waals surface area contributed by atoms with Crippen LogP contribution in [0.4, 0.5) is 0 Å². The van der Waals surface area contributed by atoms with Gasteiger partial charge in [0.15, 0.2) is 0 Å². The van der Waals surface area contributed by atoms with Crippen LogP contribution >= 0.6 is 51.2 Å². The minimum absolute atomic E-state index is 0.592. The number of halogens is 1. The molecule has 0 aromatic heterocycles. The van der Waals surface area contributed by atoms with Crippen molar-refractivity contribution in [2.24, 2.45) is 5.92 Å². The third-order valence-corrected chi connectivity index (χ3v) is 8.47. The van der Waals surface area contributed by atoms with Crippen molar-refractivity contribution >= 4 is 51.2 Å². The van der Waals surface area contributed by atoms with Gasteiger partial charge in [0, 0.05) is 27.2 Å². The van der Waals surface area contributed by atoms with Crippen molar-refractivity contribution in [2.45, 2.75) is 24.9 Å². The van der Waals surface area contributed by atoms with Gasteiger partial charge in [0.1, 0.15) is 0 Å². The summed E-state index contributed by atoms with van der Waals surface area (Å²) in [5, 5.41) is 0. The summed E-state index contributed by atoms with van der Waals surface area (Å²) in [4.78, 5) is 4.74. The van der Waals surface area contributed by atoms with Gasteiger partial charge in [-0.2, -0.15) is 0 Å². The van der Waals surface area contributed by atoms with E-state index in [-0.39, 0.29) is 0 Å². The van der Waals surface area contributed by atoms with Crippen LogP contribution in [-0.4, -0.2) is 15.7 Å². The molecule has 84 valence electrons. The molecule has 0 nitrogen and oxygen atoms in total. The smallest absolute Gasteiger partial charge is 0.0715 e. The van der Waals surface area contributed by atoms with E-state index in [1.165, 1.54) is 16.4 Å². The van der Waals surface area contributed by atoms with E-state index in [1.54, 1.807) is 15.4 Å². The predicted octanol–water partition coefficient (Wildman–Crippen LogP) is 5.08. The molecule has 2 unspecified atom stereocenters. The maximum Gasteiger partial charge on any atom is 0.0715 e. The zero-order valence-corrected chi connectivity index (χ0v) is 13.2. The second-order valence-corrected chi connectivity index (χ2v) is 8.99. The highest BCUT2D eigenvalue weighted by atomic mass is 79.9. The van der Waals surface area contributed by atoms with Crippen LogP contribution in [-0.2, 0) is 0 Å². The number of thioether (sulfide) groups is 3. The fraction of sp³-hybridized carbons (Fsp3) is 0.636. The van der Waals surface area contributed by atoms with Crippen LogP contribution in [0.2, 0.25) is 0 Å². The molecule has 2 rings (SSSR count). The van der Waals surface area contributed by atoms with Crippen LogP contribution in [0.3, 0.4) is 0 Å². The zero-order chi connectivity index (χ0) is 11.0. The zero-order valence-electron chi connectivity index (χ0n) is 9.17. The highest BCUT2D eigenvalue weighted by Gasteiger charge is 2.31. The minimum atomic E-state index is 0.592. The molecule has 0 spiro atoms. The van der Waals surface area contributed by atoms with Gasteiger partial charge in [-0.05, 0) is 18.8 Å². The summed E-state index contributed by atoms with van der Waals surface area (Å²) in [6.07, 6.45) is 0. The third kappa shape index (κ3) is 2.64. The van der Waals surface area contributed by atoms with Crippen molar-refractivity contribution in [2.75, 3.05) is 11.5 Å². The quantitative estimate of drug-likeness (QED) is 0.571. The lowest BCUT2D eigenvalue weighted by Gasteiger charge is -2.16. The number of alkyl halides is 1. The van der Waals surface area contributed by atoms with Crippen LogP contribution in [0.5, 0.6) is 0 Å². The Bertz CT molecular complexity index is 333. The molecule has 0 bridgehead atoms. The Hall–Kier alpha value is 1.01. The van der Waals surface area contributed by atoms with Crippen LogP contribution < -0.4 is 0 Å². The minimum Gasteiger partial charge on any atom is -0.126 e. The second-order valence-electron chi connectivity index (χ2n) is 3.96. The number of allylic oxidation sites excluding steroid dienone is 2. The topological polar surface area (TPSA) is 0 Å². The molecule has 0 aromatic rings. The van der Waals surface area contributed by atoms with Gasteiger partial charge in [0.05, 0.1) is 4.16 Å². The number of rotatable bonds is 0. The molecule has 0 aliphatic carbocycles. The molecule has 0 saturated heterocycles. The van der Waals surface area contributed by atoms with E-state index < -0.39 is 0 Å². The van der Waals surface area contributed by atoms with E-state index in [1.807, 2.05) is 35.3 Å². The van der Waals surface area contributed by atoms with E-state index in [4.69, 9.17) is 0 Å². The molecule has 0 N–H and O–H groups in total. The molecule has 0 amide bonds. The van der Waals surface area contributed by atoms with Gasteiger partial charge in [0.2, 0.25) is 0 Å². The van der Waals surface area contributed by atoms with E-state index in [2.05, 4.69) is 36.7 Å². The maximum absolute atomic E-state index is 3.76. The molecular formula is C11H15BrS3. The Morgan fingerprint density at radius 2 is 1.93 bits per heavy atom. The highest BCUT2D eigenvalue weighted by molar-refractivity contribution is 9.11. The second kappa shape index (κ2) is 5.11. The maximum atomic E-state index is 3.76. The van der Waals surface area contributed by atoms with Crippen molar-refractivity contribution in [3.63, 3.8) is 0 Å². The first-order valence-electron chi connectivity index (χ1n) is 5.05. The van der Waals surface area contributed by atoms with Gasteiger partial charge in [0.25, 0.3) is 0 Å². The molecule has 0 saturated carbocycles. The standard InChI is InChI=1S/C11H15BrS3/c1-6-4-14-10-7(2)11(12)15-9(10)5-13-8(6)3/h7,11H,4-5H2,1-3H3. The summed E-state index contributed by atoms with van der Waals surface area (Å²) in [5.74, 6) is 3.02. The molecule has 2 aliphatic rings. The lowest BCUT2D eigenvalue weighted by molar-refractivity contribution is 0.817. The summed E-state index contributed by atoms with van der Waals surface area (Å²) >= 11 is 9.83. The lowest BCUT2D eigenvalue weighted by Crippen LogP contribution is -2.03. The van der Waals surface area contributed by atoms with E-state index in [9.17, 15) is 0 Å². The Kier molecular flexibility index (Phi) is 4.25. The molecular weight excluding hydrogens is 308 g/mol. The van der Waals surface area contributed by atoms with E-state index in [0.29, 0.717) is 10.1 Å². The molecule has 2 aliphatic heterocycles. The molecule has 0 aromatic carbocycles. The average molecular weight is 323 g/mol. The first kappa shape index (κ1) is 12.5. The monoisotopic (exact) mass is 322 g/mol. The van der Waals surface area contributed by atoms with Crippen molar-refractivity contribution in [3.8, 4) is 0 Å². The van der Waals surface area contributed by atoms with Gasteiger partial charge in [-0.15, -0.1) is 35.3 Å².